The predicted octanol–water partition coefficient (Wildman–Crippen LogP) is -0.697. The molecule has 0 saturated carbocycles. The Morgan fingerprint density at radius 3 is 2.45 bits per heavy atom. The number of nitrogens with two attached hydrogens (primary N) is 1. The molecule has 2 unspecified atom stereocenters. The number of pyridine rings is 1. The van der Waals surface area contributed by atoms with Crippen molar-refractivity contribution in [1.82, 2.24) is 9.47 Å². The fraction of sp³-hybridized carbons (Fsp3) is 0.538. The highest BCUT2D eigenvalue weighted by molar-refractivity contribution is 5.76. The lowest BCUT2D eigenvalue weighted by Crippen LogP contribution is -2.35. The highest BCUT2D eigenvalue weighted by atomic mass is 16.5. The SMILES string of the molecule is COC1CN(C(=O)Cn2cc(N)ccc2=O)CC1OC. The molecule has 2 rings (SSSR count). The molecular weight excluding hydrogens is 262 g/mol. The first-order valence-electron chi connectivity index (χ1n) is 6.34. The summed E-state index contributed by atoms with van der Waals surface area (Å²) < 4.78 is 11.9. The summed E-state index contributed by atoms with van der Waals surface area (Å²) in [6, 6.07) is 2.86. The van der Waals surface area contributed by atoms with Crippen molar-refractivity contribution in [3.8, 4) is 0 Å². The molecule has 0 radical (unpaired) electrons. The molecule has 1 aromatic heterocycles. The lowest BCUT2D eigenvalue weighted by molar-refractivity contribution is -0.131. The minimum Gasteiger partial charge on any atom is -0.398 e. The molecule has 0 bridgehead atoms. The van der Waals surface area contributed by atoms with Crippen molar-refractivity contribution in [3.05, 3.63) is 28.7 Å². The van der Waals surface area contributed by atoms with Crippen molar-refractivity contribution in [3.63, 3.8) is 0 Å². The summed E-state index contributed by atoms with van der Waals surface area (Å²) in [7, 11) is 3.18. The predicted molar refractivity (Wildman–Crippen MR) is 73.3 cm³/mol. The van der Waals surface area contributed by atoms with Crippen molar-refractivity contribution in [1.29, 1.82) is 0 Å². The summed E-state index contributed by atoms with van der Waals surface area (Å²) in [4.78, 5) is 25.5. The van der Waals surface area contributed by atoms with Crippen LogP contribution in [0.1, 0.15) is 0 Å². The van der Waals surface area contributed by atoms with E-state index >= 15 is 0 Å². The molecule has 1 saturated heterocycles. The number of hydrogen-bond donors (Lipinski definition) is 1. The number of aromatic nitrogens is 1. The molecule has 2 heterocycles. The molecule has 20 heavy (non-hydrogen) atoms. The van der Waals surface area contributed by atoms with Gasteiger partial charge in [-0.25, -0.2) is 0 Å². The van der Waals surface area contributed by atoms with E-state index in [1.807, 2.05) is 0 Å². The second kappa shape index (κ2) is 6.06. The summed E-state index contributed by atoms with van der Waals surface area (Å²) in [5.74, 6) is -0.153. The van der Waals surface area contributed by atoms with Crippen LogP contribution in [-0.2, 0) is 20.8 Å². The summed E-state index contributed by atoms with van der Waals surface area (Å²) in [6.45, 7) is 0.895. The van der Waals surface area contributed by atoms with E-state index < -0.39 is 0 Å². The van der Waals surface area contributed by atoms with E-state index in [1.165, 1.54) is 22.9 Å². The van der Waals surface area contributed by atoms with Gasteiger partial charge in [0.1, 0.15) is 18.8 Å². The van der Waals surface area contributed by atoms with Gasteiger partial charge < -0.3 is 24.7 Å². The number of carbonyl (C=O) groups excluding carboxylic acids is 1. The van der Waals surface area contributed by atoms with Crippen LogP contribution in [0.5, 0.6) is 0 Å². The molecule has 1 aliphatic heterocycles. The Labute approximate surface area is 116 Å². The lowest BCUT2D eigenvalue weighted by Gasteiger charge is -2.16. The fourth-order valence-electron chi connectivity index (χ4n) is 2.32. The van der Waals surface area contributed by atoms with Crippen LogP contribution in [-0.4, -0.2) is 54.9 Å². The third-order valence-corrected chi connectivity index (χ3v) is 3.49. The molecule has 7 heteroatoms. The first-order valence-corrected chi connectivity index (χ1v) is 6.34. The first-order chi connectivity index (χ1) is 9.55. The summed E-state index contributed by atoms with van der Waals surface area (Å²) >= 11 is 0. The molecule has 1 aromatic rings. The summed E-state index contributed by atoms with van der Waals surface area (Å²) in [6.07, 6.45) is 1.20. The molecule has 1 amide bonds. The van der Waals surface area contributed by atoms with Crippen LogP contribution < -0.4 is 11.3 Å². The van der Waals surface area contributed by atoms with Crippen LogP contribution in [0, 0.1) is 0 Å². The maximum Gasteiger partial charge on any atom is 0.251 e. The van der Waals surface area contributed by atoms with E-state index in [4.69, 9.17) is 15.2 Å². The van der Waals surface area contributed by atoms with E-state index in [1.54, 1.807) is 19.1 Å². The van der Waals surface area contributed by atoms with Gasteiger partial charge in [0, 0.05) is 45.3 Å². The van der Waals surface area contributed by atoms with Gasteiger partial charge in [-0.05, 0) is 6.07 Å². The maximum atomic E-state index is 12.2. The van der Waals surface area contributed by atoms with Gasteiger partial charge in [-0.15, -0.1) is 0 Å². The van der Waals surface area contributed by atoms with E-state index in [2.05, 4.69) is 0 Å². The van der Waals surface area contributed by atoms with Gasteiger partial charge >= 0.3 is 0 Å². The van der Waals surface area contributed by atoms with Crippen molar-refractivity contribution in [2.45, 2.75) is 18.8 Å². The second-order valence-corrected chi connectivity index (χ2v) is 4.78. The molecule has 2 N–H and O–H groups in total. The third kappa shape index (κ3) is 3.00. The van der Waals surface area contributed by atoms with E-state index in [0.717, 1.165) is 0 Å². The minimum absolute atomic E-state index is 0.0310. The fourth-order valence-corrected chi connectivity index (χ4v) is 2.32. The number of rotatable bonds is 4. The number of anilines is 1. The Kier molecular flexibility index (Phi) is 4.41. The van der Waals surface area contributed by atoms with Crippen molar-refractivity contribution in [2.24, 2.45) is 0 Å². The molecule has 0 aromatic carbocycles. The largest absolute Gasteiger partial charge is 0.398 e. The van der Waals surface area contributed by atoms with Crippen LogP contribution in [0.25, 0.3) is 0 Å². The van der Waals surface area contributed by atoms with Gasteiger partial charge in [-0.1, -0.05) is 0 Å². The van der Waals surface area contributed by atoms with E-state index in [0.29, 0.717) is 18.8 Å². The van der Waals surface area contributed by atoms with Crippen LogP contribution in [0.3, 0.4) is 0 Å². The lowest BCUT2D eigenvalue weighted by atomic mass is 10.3. The first kappa shape index (κ1) is 14.5. The van der Waals surface area contributed by atoms with Gasteiger partial charge in [0.25, 0.3) is 5.56 Å². The molecule has 1 aliphatic rings. The van der Waals surface area contributed by atoms with Gasteiger partial charge in [0.15, 0.2) is 0 Å². The summed E-state index contributed by atoms with van der Waals surface area (Å²) in [5, 5.41) is 0. The maximum absolute atomic E-state index is 12.2. The van der Waals surface area contributed by atoms with E-state index in [-0.39, 0.29) is 30.2 Å². The summed E-state index contributed by atoms with van der Waals surface area (Å²) in [5.41, 5.74) is 5.82. The average Bonchev–Trinajstić information content (AvgIpc) is 2.86. The van der Waals surface area contributed by atoms with Crippen molar-refractivity contribution < 1.29 is 14.3 Å². The number of nitrogen functional groups attached to an aromatic ring is 1. The zero-order valence-electron chi connectivity index (χ0n) is 11.6. The van der Waals surface area contributed by atoms with Crippen molar-refractivity contribution in [2.75, 3.05) is 33.0 Å². The molecule has 0 aliphatic carbocycles. The number of amides is 1. The van der Waals surface area contributed by atoms with Crippen LogP contribution in [0.15, 0.2) is 23.1 Å². The van der Waals surface area contributed by atoms with Crippen LogP contribution in [0.4, 0.5) is 5.69 Å². The zero-order chi connectivity index (χ0) is 14.7. The second-order valence-electron chi connectivity index (χ2n) is 4.78. The number of nitrogens with zero attached hydrogens (tertiary/aromatic N) is 2. The van der Waals surface area contributed by atoms with Gasteiger partial charge in [-0.3, -0.25) is 9.59 Å². The molecule has 7 nitrogen and oxygen atoms in total. The topological polar surface area (TPSA) is 86.8 Å². The highest BCUT2D eigenvalue weighted by Crippen LogP contribution is 2.16. The van der Waals surface area contributed by atoms with Gasteiger partial charge in [-0.2, -0.15) is 0 Å². The monoisotopic (exact) mass is 281 g/mol. The minimum atomic E-state index is -0.252. The Hall–Kier alpha value is -1.86. The van der Waals surface area contributed by atoms with E-state index in [9.17, 15) is 9.59 Å². The molecule has 1 fully saturated rings. The Morgan fingerprint density at radius 1 is 1.30 bits per heavy atom. The normalized spacial score (nSPS) is 22.2. The van der Waals surface area contributed by atoms with Crippen molar-refractivity contribution >= 4 is 11.6 Å². The smallest absolute Gasteiger partial charge is 0.251 e. The number of hydrogen-bond acceptors (Lipinski definition) is 5. The number of likely N-dealkylation sites (tertiary alicyclic amines) is 1. The number of carbonyl (C=O) groups is 1. The molecular formula is C13H19N3O4. The van der Waals surface area contributed by atoms with Gasteiger partial charge in [0.2, 0.25) is 5.91 Å². The molecule has 0 spiro atoms. The third-order valence-electron chi connectivity index (χ3n) is 3.49. The number of methoxy groups -OCH3 is 2. The number of ether oxygens (including phenoxy) is 2. The van der Waals surface area contributed by atoms with Crippen LogP contribution in [0.2, 0.25) is 0 Å². The Morgan fingerprint density at radius 2 is 1.90 bits per heavy atom. The quantitative estimate of drug-likeness (QED) is 0.789. The average molecular weight is 281 g/mol. The Balaban J connectivity index is 2.06. The zero-order valence-corrected chi connectivity index (χ0v) is 11.6. The van der Waals surface area contributed by atoms with Gasteiger partial charge in [0.05, 0.1) is 0 Å². The standard InChI is InChI=1S/C13H19N3O4/c1-19-10-6-16(7-11(10)20-2)13(18)8-15-5-9(14)3-4-12(15)17/h3-5,10-11H,6-8,14H2,1-2H3. The highest BCUT2D eigenvalue weighted by Gasteiger charge is 2.35. The Bertz CT molecular complexity index is 531. The molecule has 2 atom stereocenters. The molecule has 110 valence electrons. The van der Waals surface area contributed by atoms with Crippen LogP contribution >= 0.6 is 0 Å².